The van der Waals surface area contributed by atoms with E-state index in [1.807, 2.05) is 55.5 Å². The fraction of sp³-hybridized carbons (Fsp3) is 0.348. The first-order chi connectivity index (χ1) is 13.4. The lowest BCUT2D eigenvalue weighted by Crippen LogP contribution is -2.22. The van der Waals surface area contributed by atoms with E-state index in [9.17, 15) is 4.79 Å². The lowest BCUT2D eigenvalue weighted by Gasteiger charge is -2.13. The van der Waals surface area contributed by atoms with Crippen molar-refractivity contribution in [3.63, 3.8) is 0 Å². The van der Waals surface area contributed by atoms with Gasteiger partial charge >= 0.3 is 0 Å². The number of carbonyl (C=O) groups excluding carboxylic acids is 1. The molecule has 0 fully saturated rings. The maximum absolute atomic E-state index is 12.3. The Balaban J connectivity index is 1.82. The van der Waals surface area contributed by atoms with Crippen molar-refractivity contribution < 1.29 is 14.3 Å². The maximum Gasteiger partial charge on any atom is 0.243 e. The number of hydrogen-bond acceptors (Lipinski definition) is 4. The number of nitrogens with one attached hydrogen (secondary N) is 2. The molecule has 0 saturated heterocycles. The summed E-state index contributed by atoms with van der Waals surface area (Å²) in [5, 5.41) is 5.99. The highest BCUT2D eigenvalue weighted by Gasteiger charge is 2.08. The lowest BCUT2D eigenvalue weighted by atomic mass is 10.1. The second-order valence-electron chi connectivity index (χ2n) is 7.20. The Morgan fingerprint density at radius 3 is 2.46 bits per heavy atom. The molecule has 0 aliphatic rings. The Morgan fingerprint density at radius 1 is 1.07 bits per heavy atom. The van der Waals surface area contributed by atoms with Crippen LogP contribution in [0.1, 0.15) is 27.2 Å². The summed E-state index contributed by atoms with van der Waals surface area (Å²) >= 11 is 0. The van der Waals surface area contributed by atoms with E-state index < -0.39 is 0 Å². The molecule has 2 aromatic rings. The summed E-state index contributed by atoms with van der Waals surface area (Å²) in [6.07, 6.45) is 1.03. The van der Waals surface area contributed by atoms with Crippen LogP contribution in [-0.4, -0.2) is 25.7 Å². The van der Waals surface area contributed by atoms with Crippen molar-refractivity contribution in [1.82, 2.24) is 0 Å². The quantitative estimate of drug-likeness (QED) is 0.530. The number of para-hydroxylation sites is 2. The van der Waals surface area contributed by atoms with E-state index >= 15 is 0 Å². The van der Waals surface area contributed by atoms with Crippen LogP contribution in [0.2, 0.25) is 0 Å². The van der Waals surface area contributed by atoms with E-state index in [2.05, 4.69) is 31.1 Å². The summed E-state index contributed by atoms with van der Waals surface area (Å²) in [4.78, 5) is 12.3. The van der Waals surface area contributed by atoms with E-state index in [0.717, 1.165) is 23.4 Å². The SMILES string of the molecule is C=C(C)COc1ccccc1NC(=O)CNc1ccc(OCCC(C)C)cc1. The third-order valence-electron chi connectivity index (χ3n) is 3.91. The second kappa shape index (κ2) is 11.0. The Hall–Kier alpha value is -2.95. The molecule has 0 spiro atoms. The van der Waals surface area contributed by atoms with Gasteiger partial charge in [0.15, 0.2) is 0 Å². The molecule has 0 aliphatic carbocycles. The molecule has 0 saturated carbocycles. The van der Waals surface area contributed by atoms with E-state index in [4.69, 9.17) is 9.47 Å². The Kier molecular flexibility index (Phi) is 8.40. The Morgan fingerprint density at radius 2 is 1.79 bits per heavy atom. The van der Waals surface area contributed by atoms with Crippen molar-refractivity contribution in [1.29, 1.82) is 0 Å². The zero-order valence-electron chi connectivity index (χ0n) is 17.0. The maximum atomic E-state index is 12.3. The molecular formula is C23H30N2O3. The van der Waals surface area contributed by atoms with Gasteiger partial charge in [-0.15, -0.1) is 0 Å². The van der Waals surface area contributed by atoms with Crippen LogP contribution in [0.4, 0.5) is 11.4 Å². The molecule has 2 N–H and O–H groups in total. The molecule has 5 nitrogen and oxygen atoms in total. The smallest absolute Gasteiger partial charge is 0.243 e. The van der Waals surface area contributed by atoms with Gasteiger partial charge in [-0.05, 0) is 61.2 Å². The van der Waals surface area contributed by atoms with Crippen LogP contribution in [0.25, 0.3) is 0 Å². The molecule has 0 bridgehead atoms. The third-order valence-corrected chi connectivity index (χ3v) is 3.91. The highest BCUT2D eigenvalue weighted by molar-refractivity contribution is 5.95. The Bertz CT molecular complexity index is 770. The van der Waals surface area contributed by atoms with Crippen LogP contribution >= 0.6 is 0 Å². The normalized spacial score (nSPS) is 10.4. The standard InChI is InChI=1S/C23H30N2O3/c1-17(2)13-14-27-20-11-9-19(10-12-20)24-15-23(26)25-21-7-5-6-8-22(21)28-16-18(3)4/h5-12,17,24H,3,13-16H2,1-2,4H3,(H,25,26). The van der Waals surface area contributed by atoms with Gasteiger partial charge in [-0.3, -0.25) is 4.79 Å². The second-order valence-corrected chi connectivity index (χ2v) is 7.20. The molecule has 0 unspecified atom stereocenters. The molecule has 1 amide bonds. The van der Waals surface area contributed by atoms with Gasteiger partial charge < -0.3 is 20.1 Å². The predicted octanol–water partition coefficient (Wildman–Crippen LogP) is 5.12. The molecule has 0 aromatic heterocycles. The summed E-state index contributed by atoms with van der Waals surface area (Å²) in [6, 6.07) is 15.0. The molecule has 28 heavy (non-hydrogen) atoms. The minimum atomic E-state index is -0.149. The van der Waals surface area contributed by atoms with Crippen molar-refractivity contribution in [2.45, 2.75) is 27.2 Å². The zero-order valence-corrected chi connectivity index (χ0v) is 17.0. The average Bonchev–Trinajstić information content (AvgIpc) is 2.66. The number of benzene rings is 2. The van der Waals surface area contributed by atoms with E-state index in [1.54, 1.807) is 0 Å². The first kappa shape index (κ1) is 21.4. The van der Waals surface area contributed by atoms with Crippen LogP contribution in [0.15, 0.2) is 60.7 Å². The summed E-state index contributed by atoms with van der Waals surface area (Å²) in [7, 11) is 0. The van der Waals surface area contributed by atoms with Gasteiger partial charge in [0.1, 0.15) is 18.1 Å². The van der Waals surface area contributed by atoms with Crippen LogP contribution in [0.3, 0.4) is 0 Å². The minimum Gasteiger partial charge on any atom is -0.494 e. The highest BCUT2D eigenvalue weighted by atomic mass is 16.5. The lowest BCUT2D eigenvalue weighted by molar-refractivity contribution is -0.114. The van der Waals surface area contributed by atoms with E-state index in [0.29, 0.717) is 30.6 Å². The van der Waals surface area contributed by atoms with E-state index in [1.165, 1.54) is 0 Å². The first-order valence-electron chi connectivity index (χ1n) is 9.57. The number of hydrogen-bond donors (Lipinski definition) is 2. The number of anilines is 2. The van der Waals surface area contributed by atoms with Crippen molar-refractivity contribution in [3.05, 3.63) is 60.7 Å². The van der Waals surface area contributed by atoms with Gasteiger partial charge in [0.05, 0.1) is 18.8 Å². The number of rotatable bonds is 11. The molecule has 2 aromatic carbocycles. The van der Waals surface area contributed by atoms with Gasteiger partial charge in [0.25, 0.3) is 0 Å². The topological polar surface area (TPSA) is 59.6 Å². The van der Waals surface area contributed by atoms with Crippen molar-refractivity contribution >= 4 is 17.3 Å². The van der Waals surface area contributed by atoms with Crippen molar-refractivity contribution in [3.8, 4) is 11.5 Å². The van der Waals surface area contributed by atoms with Crippen molar-refractivity contribution in [2.75, 3.05) is 30.4 Å². The highest BCUT2D eigenvalue weighted by Crippen LogP contribution is 2.24. The molecule has 5 heteroatoms. The summed E-state index contributed by atoms with van der Waals surface area (Å²) in [5.74, 6) is 1.93. The monoisotopic (exact) mass is 382 g/mol. The largest absolute Gasteiger partial charge is 0.494 e. The van der Waals surface area contributed by atoms with Gasteiger partial charge in [-0.25, -0.2) is 0 Å². The van der Waals surface area contributed by atoms with Crippen LogP contribution in [-0.2, 0) is 4.79 Å². The van der Waals surface area contributed by atoms with Crippen LogP contribution in [0.5, 0.6) is 11.5 Å². The number of ether oxygens (including phenoxy) is 2. The molecule has 0 atom stereocenters. The van der Waals surface area contributed by atoms with Gasteiger partial charge in [-0.2, -0.15) is 0 Å². The van der Waals surface area contributed by atoms with E-state index in [-0.39, 0.29) is 12.5 Å². The summed E-state index contributed by atoms with van der Waals surface area (Å²) in [5.41, 5.74) is 2.42. The molecular weight excluding hydrogens is 352 g/mol. The predicted molar refractivity (Wildman–Crippen MR) is 115 cm³/mol. The molecule has 150 valence electrons. The minimum absolute atomic E-state index is 0.149. The molecule has 0 heterocycles. The van der Waals surface area contributed by atoms with Gasteiger partial charge in [0.2, 0.25) is 5.91 Å². The third kappa shape index (κ3) is 7.74. The Labute approximate surface area is 167 Å². The molecule has 0 radical (unpaired) electrons. The molecule has 0 aliphatic heterocycles. The average molecular weight is 383 g/mol. The summed E-state index contributed by atoms with van der Waals surface area (Å²) in [6.45, 7) is 11.3. The first-order valence-corrected chi connectivity index (χ1v) is 9.57. The van der Waals surface area contributed by atoms with Gasteiger partial charge in [-0.1, -0.05) is 32.6 Å². The molecule has 2 rings (SSSR count). The van der Waals surface area contributed by atoms with Crippen LogP contribution in [0, 0.1) is 5.92 Å². The van der Waals surface area contributed by atoms with Gasteiger partial charge in [0, 0.05) is 5.69 Å². The number of carbonyl (C=O) groups is 1. The number of amides is 1. The fourth-order valence-electron chi connectivity index (χ4n) is 2.35. The summed E-state index contributed by atoms with van der Waals surface area (Å²) < 4.78 is 11.4. The van der Waals surface area contributed by atoms with Crippen LogP contribution < -0.4 is 20.1 Å². The fourth-order valence-corrected chi connectivity index (χ4v) is 2.35. The van der Waals surface area contributed by atoms with Crippen molar-refractivity contribution in [2.24, 2.45) is 5.92 Å². The zero-order chi connectivity index (χ0) is 20.4.